The smallest absolute Gasteiger partial charge is 0.458 e. The van der Waals surface area contributed by atoms with Gasteiger partial charge < -0.3 is 22.3 Å². The number of rotatable bonds is 9. The van der Waals surface area contributed by atoms with E-state index < -0.39 is 14.2 Å². The molecule has 0 N–H and O–H groups in total. The number of nitrogens with zero attached hydrogens (tertiary/aromatic N) is 2. The quantitative estimate of drug-likeness (QED) is 0.0867. The number of benzene rings is 5. The molecule has 0 unspecified atom stereocenters. The summed E-state index contributed by atoms with van der Waals surface area (Å²) in [5.41, 5.74) is 3.79. The molecule has 0 bridgehead atoms. The van der Waals surface area contributed by atoms with Crippen LogP contribution in [0.25, 0.3) is 11.6 Å². The SMILES string of the molecule is Cc1cc(C)n2c1C=C1C(c3ccc(OC[P+](c4ccccc4)(c4ccccc4)c4ccccc4)cc3)=C(C(=O)c3ccccc3)C=[N+]1[B-]2(F)F. The molecule has 1 aromatic heterocycles. The molecule has 0 atom stereocenters. The van der Waals surface area contributed by atoms with E-state index in [-0.39, 0.29) is 11.4 Å². The minimum atomic E-state index is -4.24. The standard InChI is InChI=1S/C43H35BF2N2O2P/c1-31-27-32(2)48-40(31)28-41-42(39(29-47(41)44(48,45)46)43(49)34-15-7-3-8-16-34)33-23-25-35(26-24-33)50-30-51(36-17-9-4-10-18-36,37-19-11-5-12-20-37)38-21-13-6-14-22-38/h3-29H,30H2,1-2H3/q+1. The van der Waals surface area contributed by atoms with Gasteiger partial charge in [-0.25, -0.2) is 0 Å². The second-order valence-corrected chi connectivity index (χ2v) is 16.4. The van der Waals surface area contributed by atoms with Crippen molar-refractivity contribution in [2.45, 2.75) is 13.8 Å². The summed E-state index contributed by atoms with van der Waals surface area (Å²) in [7, 11) is -2.26. The van der Waals surface area contributed by atoms with E-state index in [2.05, 4.69) is 72.8 Å². The Morgan fingerprint density at radius 2 is 1.24 bits per heavy atom. The van der Waals surface area contributed by atoms with Gasteiger partial charge in [0.05, 0.1) is 11.1 Å². The Bertz CT molecular complexity index is 2260. The van der Waals surface area contributed by atoms with Gasteiger partial charge in [-0.15, -0.1) is 0 Å². The molecule has 0 amide bonds. The van der Waals surface area contributed by atoms with Crippen LogP contribution in [0.15, 0.2) is 163 Å². The molecule has 5 aromatic carbocycles. The Morgan fingerprint density at radius 1 is 0.725 bits per heavy atom. The maximum Gasteiger partial charge on any atom is 0.737 e. The van der Waals surface area contributed by atoms with Gasteiger partial charge in [-0.1, -0.05) is 97.1 Å². The highest BCUT2D eigenvalue weighted by Crippen LogP contribution is 2.55. The number of hydrogen-bond donors (Lipinski definition) is 0. The summed E-state index contributed by atoms with van der Waals surface area (Å²) >= 11 is 0. The average Bonchev–Trinajstić information content (AvgIpc) is 3.71. The molecule has 0 saturated heterocycles. The number of carbonyl (C=O) groups is 1. The molecule has 4 nitrogen and oxygen atoms in total. The Morgan fingerprint density at radius 3 is 1.76 bits per heavy atom. The number of fused-ring (bicyclic) bond motifs is 2. The molecule has 0 saturated carbocycles. The molecule has 0 radical (unpaired) electrons. The van der Waals surface area contributed by atoms with Crippen molar-refractivity contribution in [1.82, 2.24) is 4.48 Å². The number of aromatic nitrogens is 1. The van der Waals surface area contributed by atoms with E-state index in [0.29, 0.717) is 45.9 Å². The minimum Gasteiger partial charge on any atom is -0.458 e. The lowest BCUT2D eigenvalue weighted by Gasteiger charge is -2.30. The molecule has 8 rings (SSSR count). The van der Waals surface area contributed by atoms with Crippen molar-refractivity contribution >= 4 is 53.8 Å². The number of halogens is 2. The summed E-state index contributed by atoms with van der Waals surface area (Å²) in [5.74, 6) is 0.336. The first-order valence-corrected chi connectivity index (χ1v) is 18.9. The van der Waals surface area contributed by atoms with Crippen LogP contribution in [0.4, 0.5) is 8.63 Å². The van der Waals surface area contributed by atoms with Crippen molar-refractivity contribution < 1.29 is 22.6 Å². The number of carbonyl (C=O) groups excluding carboxylic acids is 1. The lowest BCUT2D eigenvalue weighted by Crippen LogP contribution is -2.49. The van der Waals surface area contributed by atoms with Crippen molar-refractivity contribution in [3.05, 3.63) is 191 Å². The van der Waals surface area contributed by atoms with Crippen LogP contribution < -0.4 is 20.7 Å². The van der Waals surface area contributed by atoms with Crippen molar-refractivity contribution in [3.63, 3.8) is 0 Å². The van der Waals surface area contributed by atoms with Gasteiger partial charge >= 0.3 is 6.97 Å². The Kier molecular flexibility index (Phi) is 8.24. The normalized spacial score (nSPS) is 14.7. The zero-order valence-corrected chi connectivity index (χ0v) is 29.2. The zero-order chi connectivity index (χ0) is 35.2. The van der Waals surface area contributed by atoms with E-state index in [4.69, 9.17) is 4.74 Å². The number of Topliss-reactive ketones (excluding diaryl/α,β-unsaturated/α-hetero) is 1. The summed E-state index contributed by atoms with van der Waals surface area (Å²) in [4.78, 5) is 14.0. The molecular formula is C43H35BF2N2O2P+. The highest BCUT2D eigenvalue weighted by Gasteiger charge is 2.54. The first-order valence-electron chi connectivity index (χ1n) is 17.0. The third kappa shape index (κ3) is 5.49. The van der Waals surface area contributed by atoms with Gasteiger partial charge in [0, 0.05) is 17.3 Å². The van der Waals surface area contributed by atoms with E-state index in [1.165, 1.54) is 22.1 Å². The van der Waals surface area contributed by atoms with Crippen LogP contribution in [0.5, 0.6) is 5.75 Å². The van der Waals surface area contributed by atoms with E-state index in [1.807, 2.05) is 55.5 Å². The summed E-state index contributed by atoms with van der Waals surface area (Å²) in [5, 5.41) is 3.62. The topological polar surface area (TPSA) is 34.2 Å². The fourth-order valence-corrected chi connectivity index (χ4v) is 11.2. The molecule has 6 aromatic rings. The van der Waals surface area contributed by atoms with E-state index in [0.717, 1.165) is 14.5 Å². The predicted molar refractivity (Wildman–Crippen MR) is 206 cm³/mol. The number of ether oxygens (including phenoxy) is 1. The third-order valence-electron chi connectivity index (χ3n) is 9.90. The third-order valence-corrected chi connectivity index (χ3v) is 14.0. The van der Waals surface area contributed by atoms with E-state index in [9.17, 15) is 4.79 Å². The van der Waals surface area contributed by atoms with E-state index >= 15 is 8.63 Å². The van der Waals surface area contributed by atoms with Crippen LogP contribution in [0.1, 0.15) is 32.9 Å². The van der Waals surface area contributed by atoms with Crippen molar-refractivity contribution in [1.29, 1.82) is 0 Å². The van der Waals surface area contributed by atoms with Crippen LogP contribution in [-0.4, -0.2) is 34.3 Å². The number of hydrogen-bond acceptors (Lipinski definition) is 2. The van der Waals surface area contributed by atoms with Crippen LogP contribution >= 0.6 is 7.26 Å². The highest BCUT2D eigenvalue weighted by atomic mass is 31.2. The average molecular weight is 692 g/mol. The maximum atomic E-state index is 16.4. The Balaban J connectivity index is 1.20. The van der Waals surface area contributed by atoms with Gasteiger partial charge in [-0.05, 0) is 85.3 Å². The van der Waals surface area contributed by atoms with Crippen LogP contribution in [0, 0.1) is 13.8 Å². The summed E-state index contributed by atoms with van der Waals surface area (Å²) in [6.07, 6.45) is 3.53. The lowest BCUT2D eigenvalue weighted by molar-refractivity contribution is -0.354. The molecule has 8 heteroatoms. The second-order valence-electron chi connectivity index (χ2n) is 13.0. The largest absolute Gasteiger partial charge is 0.737 e. The number of allylic oxidation sites excluding steroid dienone is 2. The molecule has 3 heterocycles. The summed E-state index contributed by atoms with van der Waals surface area (Å²) in [6.45, 7) is -0.716. The van der Waals surface area contributed by atoms with E-state index in [1.54, 1.807) is 43.3 Å². The van der Waals surface area contributed by atoms with Crippen molar-refractivity contribution in [3.8, 4) is 5.75 Å². The maximum absolute atomic E-state index is 16.4. The van der Waals surface area contributed by atoms with Gasteiger partial charge in [-0.3, -0.25) is 4.79 Å². The van der Waals surface area contributed by atoms with Gasteiger partial charge in [0.2, 0.25) is 6.35 Å². The zero-order valence-electron chi connectivity index (χ0n) is 28.3. The molecule has 250 valence electrons. The predicted octanol–water partition coefficient (Wildman–Crippen LogP) is 8.45. The van der Waals surface area contributed by atoms with Crippen LogP contribution in [-0.2, 0) is 0 Å². The second kappa shape index (κ2) is 12.9. The highest BCUT2D eigenvalue weighted by molar-refractivity contribution is 7.95. The number of ketones is 1. The Hall–Kier alpha value is -5.65. The molecule has 0 fully saturated rings. The first-order chi connectivity index (χ1) is 24.8. The fraction of sp³-hybridized carbons (Fsp3) is 0.0698. The first kappa shape index (κ1) is 32.6. The Labute approximate surface area is 297 Å². The number of aryl methyl sites for hydroxylation is 2. The van der Waals surface area contributed by atoms with Crippen LogP contribution in [0.2, 0.25) is 0 Å². The van der Waals surface area contributed by atoms with Crippen molar-refractivity contribution in [2.24, 2.45) is 0 Å². The molecule has 2 aliphatic rings. The molecular weight excluding hydrogens is 656 g/mol. The van der Waals surface area contributed by atoms with Gasteiger partial charge in [0.1, 0.15) is 27.9 Å². The lowest BCUT2D eigenvalue weighted by atomic mass is 9.88. The molecule has 51 heavy (non-hydrogen) atoms. The monoisotopic (exact) mass is 691 g/mol. The summed E-state index contributed by atoms with van der Waals surface area (Å²) < 4.78 is 41.6. The molecule has 0 spiro atoms. The summed E-state index contributed by atoms with van der Waals surface area (Å²) in [6, 6.07) is 49.6. The minimum absolute atomic E-state index is 0.228. The molecule has 2 aliphatic heterocycles. The molecule has 0 aliphatic carbocycles. The van der Waals surface area contributed by atoms with Crippen molar-refractivity contribution in [2.75, 3.05) is 6.35 Å². The van der Waals surface area contributed by atoms with Crippen LogP contribution in [0.3, 0.4) is 0 Å². The van der Waals surface area contributed by atoms with Gasteiger partial charge in [0.25, 0.3) is 0 Å². The van der Waals surface area contributed by atoms with Gasteiger partial charge in [0.15, 0.2) is 18.7 Å². The van der Waals surface area contributed by atoms with Gasteiger partial charge in [-0.2, -0.15) is 0 Å². The fourth-order valence-electron chi connectivity index (χ4n) is 7.46.